The third-order valence-electron chi connectivity index (χ3n) is 2.70. The molecule has 84 valence electrons. The third-order valence-corrected chi connectivity index (χ3v) is 4.11. The second kappa shape index (κ2) is 5.30. The van der Waals surface area contributed by atoms with Crippen molar-refractivity contribution in [2.24, 2.45) is 0 Å². The highest BCUT2D eigenvalue weighted by atomic mass is 35.5. The number of hydrogen-bond donors (Lipinski definition) is 1. The second-order valence-electron chi connectivity index (χ2n) is 3.91. The van der Waals surface area contributed by atoms with Crippen LogP contribution in [0.5, 0.6) is 0 Å². The number of thiophene rings is 1. The Labute approximate surface area is 99.6 Å². The molecule has 1 aliphatic rings. The summed E-state index contributed by atoms with van der Waals surface area (Å²) < 4.78 is 6.42. The standard InChI is InChI=1S/C11H16ClNOS/c1-8(10-4-5-11(12)15-10)13-7-9-3-2-6-14-9/h4-5,8-9,13H,2-3,6-7H2,1H3/t8-,9-/m0/s1. The van der Waals surface area contributed by atoms with E-state index >= 15 is 0 Å². The molecule has 0 aromatic carbocycles. The number of hydrogen-bond acceptors (Lipinski definition) is 3. The van der Waals surface area contributed by atoms with Crippen molar-refractivity contribution < 1.29 is 4.74 Å². The Kier molecular flexibility index (Phi) is 4.03. The fourth-order valence-electron chi connectivity index (χ4n) is 1.78. The van der Waals surface area contributed by atoms with Crippen LogP contribution in [0.15, 0.2) is 12.1 Å². The van der Waals surface area contributed by atoms with E-state index in [-0.39, 0.29) is 0 Å². The van der Waals surface area contributed by atoms with Gasteiger partial charge in [-0.15, -0.1) is 11.3 Å². The predicted octanol–water partition coefficient (Wildman–Crippen LogP) is 3.23. The summed E-state index contributed by atoms with van der Waals surface area (Å²) in [5, 5.41) is 3.48. The van der Waals surface area contributed by atoms with Crippen LogP contribution < -0.4 is 5.32 Å². The molecule has 2 atom stereocenters. The zero-order valence-electron chi connectivity index (χ0n) is 8.83. The number of rotatable bonds is 4. The maximum atomic E-state index is 5.90. The average molecular weight is 246 g/mol. The maximum absolute atomic E-state index is 5.90. The van der Waals surface area contributed by atoms with Crippen molar-refractivity contribution >= 4 is 22.9 Å². The van der Waals surface area contributed by atoms with Gasteiger partial charge in [-0.1, -0.05) is 11.6 Å². The molecule has 2 heterocycles. The van der Waals surface area contributed by atoms with E-state index in [1.165, 1.54) is 17.7 Å². The first kappa shape index (κ1) is 11.4. The molecule has 0 aliphatic carbocycles. The SMILES string of the molecule is C[C@H](NC[C@@H]1CCCO1)c1ccc(Cl)s1. The number of ether oxygens (including phenoxy) is 1. The Morgan fingerprint density at radius 1 is 1.67 bits per heavy atom. The molecule has 1 aromatic heterocycles. The zero-order chi connectivity index (χ0) is 10.7. The van der Waals surface area contributed by atoms with Gasteiger partial charge >= 0.3 is 0 Å². The van der Waals surface area contributed by atoms with Gasteiger partial charge in [-0.05, 0) is 31.9 Å². The van der Waals surface area contributed by atoms with Crippen LogP contribution in [0.3, 0.4) is 0 Å². The Morgan fingerprint density at radius 2 is 2.53 bits per heavy atom. The Hall–Kier alpha value is -0.0900. The summed E-state index contributed by atoms with van der Waals surface area (Å²) in [5.74, 6) is 0. The van der Waals surface area contributed by atoms with Crippen molar-refractivity contribution in [1.82, 2.24) is 5.32 Å². The molecule has 4 heteroatoms. The van der Waals surface area contributed by atoms with E-state index in [2.05, 4.69) is 18.3 Å². The molecule has 1 N–H and O–H groups in total. The topological polar surface area (TPSA) is 21.3 Å². The van der Waals surface area contributed by atoms with E-state index in [1.807, 2.05) is 6.07 Å². The summed E-state index contributed by atoms with van der Waals surface area (Å²) in [6, 6.07) is 4.40. The minimum atomic E-state index is 0.367. The molecule has 2 nitrogen and oxygen atoms in total. The highest BCUT2D eigenvalue weighted by Crippen LogP contribution is 2.26. The van der Waals surface area contributed by atoms with Gasteiger partial charge in [0.25, 0.3) is 0 Å². The van der Waals surface area contributed by atoms with Crippen LogP contribution in [-0.2, 0) is 4.74 Å². The molecule has 1 saturated heterocycles. The summed E-state index contributed by atoms with van der Waals surface area (Å²) >= 11 is 7.54. The molecular formula is C11H16ClNOS. The van der Waals surface area contributed by atoms with Crippen LogP contribution in [0, 0.1) is 0 Å². The van der Waals surface area contributed by atoms with E-state index in [9.17, 15) is 0 Å². The van der Waals surface area contributed by atoms with Gasteiger partial charge in [-0.3, -0.25) is 0 Å². The Balaban J connectivity index is 1.79. The highest BCUT2D eigenvalue weighted by Gasteiger charge is 2.16. The first-order valence-electron chi connectivity index (χ1n) is 5.36. The molecule has 0 amide bonds. The monoisotopic (exact) mass is 245 g/mol. The first-order valence-corrected chi connectivity index (χ1v) is 6.55. The van der Waals surface area contributed by atoms with Crippen molar-refractivity contribution in [3.8, 4) is 0 Å². The largest absolute Gasteiger partial charge is 0.377 e. The molecule has 1 fully saturated rings. The quantitative estimate of drug-likeness (QED) is 0.880. The van der Waals surface area contributed by atoms with Crippen molar-refractivity contribution in [1.29, 1.82) is 0 Å². The molecular weight excluding hydrogens is 230 g/mol. The highest BCUT2D eigenvalue weighted by molar-refractivity contribution is 7.16. The van der Waals surface area contributed by atoms with Crippen LogP contribution in [0.4, 0.5) is 0 Å². The minimum absolute atomic E-state index is 0.367. The minimum Gasteiger partial charge on any atom is -0.377 e. The van der Waals surface area contributed by atoms with Gasteiger partial charge in [-0.2, -0.15) is 0 Å². The fraction of sp³-hybridized carbons (Fsp3) is 0.636. The van der Waals surface area contributed by atoms with Gasteiger partial charge in [0.1, 0.15) is 0 Å². The van der Waals surface area contributed by atoms with Crippen molar-refractivity contribution in [2.75, 3.05) is 13.2 Å². The van der Waals surface area contributed by atoms with Crippen LogP contribution >= 0.6 is 22.9 Å². The van der Waals surface area contributed by atoms with Crippen LogP contribution in [-0.4, -0.2) is 19.3 Å². The normalized spacial score (nSPS) is 23.2. The Morgan fingerprint density at radius 3 is 3.13 bits per heavy atom. The summed E-state index contributed by atoms with van der Waals surface area (Å²) in [6.45, 7) is 4.03. The molecule has 0 unspecified atom stereocenters. The summed E-state index contributed by atoms with van der Waals surface area (Å²) in [7, 11) is 0. The molecule has 0 saturated carbocycles. The molecule has 0 spiro atoms. The van der Waals surface area contributed by atoms with Crippen molar-refractivity contribution in [3.05, 3.63) is 21.3 Å². The lowest BCUT2D eigenvalue weighted by molar-refractivity contribution is 0.108. The lowest BCUT2D eigenvalue weighted by atomic mass is 10.2. The third kappa shape index (κ3) is 3.18. The van der Waals surface area contributed by atoms with Crippen molar-refractivity contribution in [3.63, 3.8) is 0 Å². The maximum Gasteiger partial charge on any atom is 0.0931 e. The van der Waals surface area contributed by atoms with E-state index in [4.69, 9.17) is 16.3 Å². The Bertz CT molecular complexity index is 309. The lowest BCUT2D eigenvalue weighted by Crippen LogP contribution is -2.28. The van der Waals surface area contributed by atoms with Crippen LogP contribution in [0.25, 0.3) is 0 Å². The molecule has 1 aromatic rings. The molecule has 0 radical (unpaired) electrons. The smallest absolute Gasteiger partial charge is 0.0931 e. The second-order valence-corrected chi connectivity index (χ2v) is 5.65. The van der Waals surface area contributed by atoms with E-state index < -0.39 is 0 Å². The van der Waals surface area contributed by atoms with Crippen LogP contribution in [0.1, 0.15) is 30.7 Å². The first-order chi connectivity index (χ1) is 7.25. The van der Waals surface area contributed by atoms with Crippen LogP contribution in [0.2, 0.25) is 4.34 Å². The van der Waals surface area contributed by atoms with Gasteiger partial charge in [0, 0.05) is 24.1 Å². The molecule has 15 heavy (non-hydrogen) atoms. The predicted molar refractivity (Wildman–Crippen MR) is 64.7 cm³/mol. The van der Waals surface area contributed by atoms with Gasteiger partial charge in [0.15, 0.2) is 0 Å². The lowest BCUT2D eigenvalue weighted by Gasteiger charge is -2.15. The average Bonchev–Trinajstić information content (AvgIpc) is 2.84. The van der Waals surface area contributed by atoms with Gasteiger partial charge in [0.05, 0.1) is 10.4 Å². The van der Waals surface area contributed by atoms with E-state index in [1.54, 1.807) is 11.3 Å². The van der Waals surface area contributed by atoms with Gasteiger partial charge in [0.2, 0.25) is 0 Å². The van der Waals surface area contributed by atoms with E-state index in [0.29, 0.717) is 12.1 Å². The number of nitrogens with one attached hydrogen (secondary N) is 1. The summed E-state index contributed by atoms with van der Waals surface area (Å²) in [4.78, 5) is 1.29. The summed E-state index contributed by atoms with van der Waals surface area (Å²) in [5.41, 5.74) is 0. The van der Waals surface area contributed by atoms with Gasteiger partial charge in [-0.25, -0.2) is 0 Å². The number of halogens is 1. The van der Waals surface area contributed by atoms with E-state index in [0.717, 1.165) is 17.5 Å². The zero-order valence-corrected chi connectivity index (χ0v) is 10.4. The fourth-order valence-corrected chi connectivity index (χ4v) is 2.86. The van der Waals surface area contributed by atoms with Crippen molar-refractivity contribution in [2.45, 2.75) is 31.9 Å². The van der Waals surface area contributed by atoms with Gasteiger partial charge < -0.3 is 10.1 Å². The molecule has 1 aliphatic heterocycles. The molecule has 2 rings (SSSR count). The molecule has 0 bridgehead atoms. The summed E-state index contributed by atoms with van der Waals surface area (Å²) in [6.07, 6.45) is 2.79.